The molecule has 3 rings (SSSR count). The number of hydrogen-bond acceptors (Lipinski definition) is 6. The van der Waals surface area contributed by atoms with Crippen molar-refractivity contribution in [2.24, 2.45) is 7.05 Å². The van der Waals surface area contributed by atoms with Gasteiger partial charge in [0.05, 0.1) is 11.9 Å². The molecule has 0 atom stereocenters. The zero-order valence-electron chi connectivity index (χ0n) is 9.78. The number of aryl methyl sites for hydroxylation is 1. The summed E-state index contributed by atoms with van der Waals surface area (Å²) in [6.07, 6.45) is 3.47. The van der Waals surface area contributed by atoms with Crippen LogP contribution in [0, 0.1) is 0 Å². The van der Waals surface area contributed by atoms with Crippen molar-refractivity contribution in [1.82, 2.24) is 24.7 Å². The number of thiazole rings is 1. The van der Waals surface area contributed by atoms with Crippen LogP contribution in [0.4, 0.5) is 0 Å². The first kappa shape index (κ1) is 12.1. The minimum absolute atomic E-state index is 0.116. The molecule has 0 amide bonds. The minimum Gasteiger partial charge on any atom is -0.493 e. The Morgan fingerprint density at radius 2 is 2.16 bits per heavy atom. The minimum atomic E-state index is -0.116. The summed E-state index contributed by atoms with van der Waals surface area (Å²) in [5.41, 5.74) is 1.38. The molecular formula is C11H8ClN5OS. The number of nitrogens with zero attached hydrogens (tertiary/aromatic N) is 5. The molecule has 0 fully saturated rings. The van der Waals surface area contributed by atoms with Gasteiger partial charge >= 0.3 is 0 Å². The maximum Gasteiger partial charge on any atom is 0.215 e. The summed E-state index contributed by atoms with van der Waals surface area (Å²) >= 11 is 7.10. The van der Waals surface area contributed by atoms with E-state index in [1.807, 2.05) is 7.05 Å². The lowest BCUT2D eigenvalue weighted by Gasteiger charge is -2.01. The van der Waals surface area contributed by atoms with Crippen LogP contribution in [0.3, 0.4) is 0 Å². The van der Waals surface area contributed by atoms with E-state index in [1.165, 1.54) is 17.4 Å². The van der Waals surface area contributed by atoms with Crippen LogP contribution < -0.4 is 0 Å². The summed E-state index contributed by atoms with van der Waals surface area (Å²) in [6, 6.07) is 1.48. The molecule has 1 N–H and O–H groups in total. The van der Waals surface area contributed by atoms with Crippen LogP contribution in [0.1, 0.15) is 0 Å². The highest BCUT2D eigenvalue weighted by Gasteiger charge is 2.12. The van der Waals surface area contributed by atoms with Gasteiger partial charge in [0.25, 0.3) is 0 Å². The van der Waals surface area contributed by atoms with E-state index in [0.29, 0.717) is 21.7 Å². The molecule has 0 aromatic carbocycles. The first-order chi connectivity index (χ1) is 9.11. The molecular weight excluding hydrogens is 286 g/mol. The van der Waals surface area contributed by atoms with Gasteiger partial charge in [0.2, 0.25) is 5.88 Å². The summed E-state index contributed by atoms with van der Waals surface area (Å²) < 4.78 is 1.66. The lowest BCUT2D eigenvalue weighted by molar-refractivity contribution is 0.453. The third-order valence-electron chi connectivity index (χ3n) is 2.38. The predicted octanol–water partition coefficient (Wildman–Crippen LogP) is 2.36. The molecule has 0 radical (unpaired) electrons. The lowest BCUT2D eigenvalue weighted by atomic mass is 10.2. The average Bonchev–Trinajstić information content (AvgIpc) is 2.97. The summed E-state index contributed by atoms with van der Waals surface area (Å²) in [4.78, 5) is 12.4. The fraction of sp³-hybridized carbons (Fsp3) is 0.0909. The van der Waals surface area contributed by atoms with E-state index in [1.54, 1.807) is 22.5 Å². The molecule has 6 nitrogen and oxygen atoms in total. The standard InChI is InChI=1S/C11H8ClN5OS/c1-17-4-6(3-13-17)7-2-9(18)16-10(14-7)11-15-8(12)5-19-11/h2-5H,1H3,(H,14,16,18). The van der Waals surface area contributed by atoms with Crippen molar-refractivity contribution >= 4 is 22.9 Å². The summed E-state index contributed by atoms with van der Waals surface area (Å²) in [5.74, 6) is 0.228. The average molecular weight is 294 g/mol. The number of rotatable bonds is 2. The zero-order chi connectivity index (χ0) is 13.4. The van der Waals surface area contributed by atoms with Crippen molar-refractivity contribution in [3.05, 3.63) is 29.0 Å². The van der Waals surface area contributed by atoms with E-state index < -0.39 is 0 Å². The van der Waals surface area contributed by atoms with E-state index in [9.17, 15) is 5.11 Å². The Hall–Kier alpha value is -1.99. The van der Waals surface area contributed by atoms with Crippen LogP contribution in [0.15, 0.2) is 23.8 Å². The molecule has 19 heavy (non-hydrogen) atoms. The van der Waals surface area contributed by atoms with Crippen LogP contribution in [-0.2, 0) is 7.05 Å². The Labute approximate surface area is 117 Å². The SMILES string of the molecule is Cn1cc(-c2cc(O)nc(-c3nc(Cl)cs3)n2)cn1. The van der Waals surface area contributed by atoms with Crippen LogP contribution in [-0.4, -0.2) is 29.8 Å². The van der Waals surface area contributed by atoms with Gasteiger partial charge in [-0.05, 0) is 0 Å². The third-order valence-corrected chi connectivity index (χ3v) is 3.54. The molecule has 0 aliphatic rings. The molecule has 96 valence electrons. The molecule has 3 aromatic rings. The van der Waals surface area contributed by atoms with E-state index in [4.69, 9.17) is 11.6 Å². The highest BCUT2D eigenvalue weighted by atomic mass is 35.5. The molecule has 0 unspecified atom stereocenters. The quantitative estimate of drug-likeness (QED) is 0.785. The van der Waals surface area contributed by atoms with Gasteiger partial charge in [-0.3, -0.25) is 4.68 Å². The van der Waals surface area contributed by atoms with Gasteiger partial charge in [-0.25, -0.2) is 9.97 Å². The van der Waals surface area contributed by atoms with Crippen molar-refractivity contribution in [2.45, 2.75) is 0 Å². The van der Waals surface area contributed by atoms with Crippen LogP contribution in [0.5, 0.6) is 5.88 Å². The highest BCUT2D eigenvalue weighted by Crippen LogP contribution is 2.27. The second-order valence-electron chi connectivity index (χ2n) is 3.81. The van der Waals surface area contributed by atoms with Crippen LogP contribution in [0.25, 0.3) is 22.1 Å². The Kier molecular flexibility index (Phi) is 2.92. The lowest BCUT2D eigenvalue weighted by Crippen LogP contribution is -1.91. The highest BCUT2D eigenvalue weighted by molar-refractivity contribution is 7.13. The molecule has 0 spiro atoms. The zero-order valence-corrected chi connectivity index (χ0v) is 11.4. The van der Waals surface area contributed by atoms with Crippen molar-refractivity contribution < 1.29 is 5.11 Å². The largest absolute Gasteiger partial charge is 0.493 e. The van der Waals surface area contributed by atoms with E-state index in [-0.39, 0.29) is 5.88 Å². The summed E-state index contributed by atoms with van der Waals surface area (Å²) in [6.45, 7) is 0. The van der Waals surface area contributed by atoms with Gasteiger partial charge in [-0.1, -0.05) is 11.6 Å². The molecule has 0 saturated heterocycles. The Balaban J connectivity index is 2.10. The fourth-order valence-electron chi connectivity index (χ4n) is 1.59. The van der Waals surface area contributed by atoms with Crippen molar-refractivity contribution in [1.29, 1.82) is 0 Å². The van der Waals surface area contributed by atoms with E-state index in [0.717, 1.165) is 5.56 Å². The smallest absolute Gasteiger partial charge is 0.215 e. The molecule has 0 saturated carbocycles. The van der Waals surface area contributed by atoms with Crippen molar-refractivity contribution in [3.63, 3.8) is 0 Å². The van der Waals surface area contributed by atoms with E-state index >= 15 is 0 Å². The van der Waals surface area contributed by atoms with Gasteiger partial charge in [-0.15, -0.1) is 11.3 Å². The van der Waals surface area contributed by atoms with Crippen molar-refractivity contribution in [3.8, 4) is 28.0 Å². The number of hydrogen-bond donors (Lipinski definition) is 1. The predicted molar refractivity (Wildman–Crippen MR) is 72.0 cm³/mol. The second-order valence-corrected chi connectivity index (χ2v) is 5.06. The normalized spacial score (nSPS) is 10.8. The molecule has 3 aromatic heterocycles. The van der Waals surface area contributed by atoms with Gasteiger partial charge < -0.3 is 5.11 Å². The fourth-order valence-corrected chi connectivity index (χ4v) is 2.47. The van der Waals surface area contributed by atoms with Crippen LogP contribution >= 0.6 is 22.9 Å². The van der Waals surface area contributed by atoms with Crippen LogP contribution in [0.2, 0.25) is 5.15 Å². The van der Waals surface area contributed by atoms with Gasteiger partial charge in [-0.2, -0.15) is 10.1 Å². The molecule has 0 bridgehead atoms. The van der Waals surface area contributed by atoms with E-state index in [2.05, 4.69) is 20.1 Å². The van der Waals surface area contributed by atoms with Gasteiger partial charge in [0.1, 0.15) is 5.15 Å². The topological polar surface area (TPSA) is 76.7 Å². The first-order valence-electron chi connectivity index (χ1n) is 5.30. The maximum absolute atomic E-state index is 9.70. The Morgan fingerprint density at radius 3 is 2.79 bits per heavy atom. The monoisotopic (exact) mass is 293 g/mol. The Bertz CT molecular complexity index is 680. The van der Waals surface area contributed by atoms with Gasteiger partial charge in [0, 0.05) is 30.3 Å². The summed E-state index contributed by atoms with van der Waals surface area (Å²) in [5, 5.41) is 16.4. The third kappa shape index (κ3) is 2.42. The second kappa shape index (κ2) is 4.60. The summed E-state index contributed by atoms with van der Waals surface area (Å²) in [7, 11) is 1.81. The number of aromatic hydroxyl groups is 1. The molecule has 8 heteroatoms. The number of halogens is 1. The molecule has 3 heterocycles. The first-order valence-corrected chi connectivity index (χ1v) is 6.56. The molecule has 0 aliphatic carbocycles. The number of aromatic nitrogens is 5. The van der Waals surface area contributed by atoms with Gasteiger partial charge in [0.15, 0.2) is 10.8 Å². The maximum atomic E-state index is 9.70. The molecule has 0 aliphatic heterocycles. The Morgan fingerprint density at radius 1 is 1.32 bits per heavy atom. The van der Waals surface area contributed by atoms with Crippen molar-refractivity contribution in [2.75, 3.05) is 0 Å².